The van der Waals surface area contributed by atoms with Gasteiger partial charge in [0.1, 0.15) is 11.6 Å². The minimum Gasteiger partial charge on any atom is -0.309 e. The molecule has 4 aromatic heterocycles. The van der Waals surface area contributed by atoms with Crippen LogP contribution in [-0.2, 0) is 13.5 Å². The van der Waals surface area contributed by atoms with Gasteiger partial charge in [0, 0.05) is 48.1 Å². The van der Waals surface area contributed by atoms with Gasteiger partial charge in [0.15, 0.2) is 5.65 Å². The Hall–Kier alpha value is -3.72. The van der Waals surface area contributed by atoms with Gasteiger partial charge < -0.3 is 5.32 Å². The topological polar surface area (TPSA) is 85.8 Å². The molecule has 0 fully saturated rings. The third-order valence-electron chi connectivity index (χ3n) is 4.83. The molecule has 154 valence electrons. The van der Waals surface area contributed by atoms with Crippen molar-refractivity contribution in [2.24, 2.45) is 7.05 Å². The van der Waals surface area contributed by atoms with E-state index in [9.17, 15) is 0 Å². The van der Waals surface area contributed by atoms with Crippen LogP contribution in [0.15, 0.2) is 78.1 Å². The van der Waals surface area contributed by atoms with Crippen molar-refractivity contribution in [3.63, 3.8) is 0 Å². The van der Waals surface area contributed by atoms with Gasteiger partial charge in [-0.2, -0.15) is 5.10 Å². The van der Waals surface area contributed by atoms with Crippen molar-refractivity contribution >= 4 is 29.2 Å². The molecular weight excluding hydrogens is 408 g/mol. The summed E-state index contributed by atoms with van der Waals surface area (Å²) in [4.78, 5) is 10.2. The molecular formula is C22H20N8S. The van der Waals surface area contributed by atoms with Gasteiger partial charge in [0.25, 0.3) is 0 Å². The zero-order chi connectivity index (χ0) is 21.0. The predicted octanol–water partition coefficient (Wildman–Crippen LogP) is 4.00. The van der Waals surface area contributed by atoms with Crippen LogP contribution in [0.4, 0.5) is 11.8 Å². The molecule has 0 spiro atoms. The normalized spacial score (nSPS) is 11.1. The maximum Gasteiger partial charge on any atom is 0.228 e. The second kappa shape index (κ2) is 8.57. The van der Waals surface area contributed by atoms with E-state index in [1.165, 1.54) is 4.90 Å². The largest absolute Gasteiger partial charge is 0.309 e. The van der Waals surface area contributed by atoms with Crippen molar-refractivity contribution in [2.45, 2.75) is 11.3 Å². The number of thioether (sulfide) groups is 1. The molecule has 0 aliphatic carbocycles. The van der Waals surface area contributed by atoms with Crippen molar-refractivity contribution in [2.75, 3.05) is 11.1 Å². The Morgan fingerprint density at radius 1 is 1.00 bits per heavy atom. The summed E-state index contributed by atoms with van der Waals surface area (Å²) in [6, 6.07) is 18.2. The summed E-state index contributed by atoms with van der Waals surface area (Å²) in [6.45, 7) is 0. The van der Waals surface area contributed by atoms with Gasteiger partial charge in [-0.3, -0.25) is 9.08 Å². The number of nitrogens with zero attached hydrogens (tertiary/aromatic N) is 7. The van der Waals surface area contributed by atoms with Crippen LogP contribution in [0.1, 0.15) is 5.82 Å². The first-order valence-electron chi connectivity index (χ1n) is 9.86. The Bertz CT molecular complexity index is 1310. The summed E-state index contributed by atoms with van der Waals surface area (Å²) in [7, 11) is 1.86. The first-order valence-corrected chi connectivity index (χ1v) is 10.8. The number of nitrogens with one attached hydrogen (secondary N) is 1. The van der Waals surface area contributed by atoms with E-state index in [0.717, 1.165) is 40.7 Å². The number of aryl methyl sites for hydroxylation is 2. The molecule has 1 N–H and O–H groups in total. The highest BCUT2D eigenvalue weighted by Crippen LogP contribution is 2.22. The lowest BCUT2D eigenvalue weighted by Gasteiger charge is -2.07. The van der Waals surface area contributed by atoms with Crippen molar-refractivity contribution in [3.05, 3.63) is 79.0 Å². The third kappa shape index (κ3) is 4.26. The van der Waals surface area contributed by atoms with Crippen molar-refractivity contribution < 1.29 is 0 Å². The molecule has 1 aromatic carbocycles. The summed E-state index contributed by atoms with van der Waals surface area (Å²) in [5.41, 5.74) is 2.57. The lowest BCUT2D eigenvalue weighted by molar-refractivity contribution is 0.775. The van der Waals surface area contributed by atoms with E-state index in [1.54, 1.807) is 17.1 Å². The average Bonchev–Trinajstić information content (AvgIpc) is 3.40. The van der Waals surface area contributed by atoms with Crippen LogP contribution in [0.2, 0.25) is 0 Å². The first-order chi connectivity index (χ1) is 15.3. The van der Waals surface area contributed by atoms with Crippen LogP contribution >= 0.6 is 11.8 Å². The second-order valence-electron chi connectivity index (χ2n) is 6.90. The van der Waals surface area contributed by atoms with Crippen LogP contribution < -0.4 is 5.32 Å². The fourth-order valence-corrected chi connectivity index (χ4v) is 4.11. The van der Waals surface area contributed by atoms with Crippen LogP contribution in [0.3, 0.4) is 0 Å². The summed E-state index contributed by atoms with van der Waals surface area (Å²) in [5, 5.41) is 16.1. The van der Waals surface area contributed by atoms with Gasteiger partial charge in [-0.05, 0) is 30.3 Å². The summed E-state index contributed by atoms with van der Waals surface area (Å²) >= 11 is 1.82. The zero-order valence-electron chi connectivity index (χ0n) is 16.9. The molecule has 0 aliphatic rings. The van der Waals surface area contributed by atoms with Crippen LogP contribution in [0, 0.1) is 0 Å². The van der Waals surface area contributed by atoms with Gasteiger partial charge in [-0.1, -0.05) is 18.2 Å². The van der Waals surface area contributed by atoms with E-state index in [-0.39, 0.29) is 0 Å². The summed E-state index contributed by atoms with van der Waals surface area (Å²) in [6.07, 6.45) is 6.30. The third-order valence-corrected chi connectivity index (χ3v) is 5.84. The Morgan fingerprint density at radius 2 is 1.90 bits per heavy atom. The van der Waals surface area contributed by atoms with Gasteiger partial charge in [0.05, 0.1) is 11.9 Å². The fourth-order valence-electron chi connectivity index (χ4n) is 3.24. The van der Waals surface area contributed by atoms with Gasteiger partial charge in [0.2, 0.25) is 5.95 Å². The lowest BCUT2D eigenvalue weighted by atomic mass is 10.2. The molecule has 0 unspecified atom stereocenters. The molecule has 0 radical (unpaired) electrons. The monoisotopic (exact) mass is 428 g/mol. The van der Waals surface area contributed by atoms with E-state index in [1.807, 2.05) is 59.7 Å². The highest BCUT2D eigenvalue weighted by atomic mass is 32.2. The molecule has 0 bridgehead atoms. The fraction of sp³-hybridized carbons (Fsp3) is 0.136. The molecule has 5 aromatic rings. The molecule has 5 rings (SSSR count). The van der Waals surface area contributed by atoms with Gasteiger partial charge in [-0.15, -0.1) is 22.0 Å². The minimum absolute atomic E-state index is 0.515. The Kier molecular flexibility index (Phi) is 5.32. The SMILES string of the molecule is Cn1nccc1Nc1nccc(-c2ccn3c(CCSc4ccccc4)nnc3c2)n1. The standard InChI is InChI=1S/C22H20N8S/c1-29-19(8-12-24-29)26-22-23-11-7-18(25-22)16-9-13-30-20(27-28-21(30)15-16)10-14-31-17-5-3-2-4-6-17/h2-9,11-13,15H,10,14H2,1H3,(H,23,25,26). The number of hydrogen-bond acceptors (Lipinski definition) is 7. The molecule has 31 heavy (non-hydrogen) atoms. The van der Waals surface area contributed by atoms with E-state index in [0.29, 0.717) is 5.95 Å². The molecule has 0 aliphatic heterocycles. The van der Waals surface area contributed by atoms with E-state index < -0.39 is 0 Å². The Balaban J connectivity index is 1.32. The number of hydrogen-bond donors (Lipinski definition) is 1. The molecule has 0 amide bonds. The maximum atomic E-state index is 4.63. The Morgan fingerprint density at radius 3 is 2.74 bits per heavy atom. The summed E-state index contributed by atoms with van der Waals surface area (Å²) in [5.74, 6) is 3.23. The summed E-state index contributed by atoms with van der Waals surface area (Å²) < 4.78 is 3.76. The first kappa shape index (κ1) is 19.3. The van der Waals surface area contributed by atoms with Crippen LogP contribution in [-0.4, -0.2) is 40.1 Å². The molecule has 0 saturated carbocycles. The van der Waals surface area contributed by atoms with Crippen molar-refractivity contribution in [3.8, 4) is 11.3 Å². The van der Waals surface area contributed by atoms with Gasteiger partial charge in [-0.25, -0.2) is 9.97 Å². The molecule has 0 atom stereocenters. The molecule has 4 heterocycles. The zero-order valence-corrected chi connectivity index (χ0v) is 17.7. The molecule has 9 heteroatoms. The van der Waals surface area contributed by atoms with Crippen LogP contribution in [0.5, 0.6) is 0 Å². The number of rotatable bonds is 7. The minimum atomic E-state index is 0.515. The average molecular weight is 429 g/mol. The van der Waals surface area contributed by atoms with Gasteiger partial charge >= 0.3 is 0 Å². The van der Waals surface area contributed by atoms with Crippen molar-refractivity contribution in [1.82, 2.24) is 34.3 Å². The quantitative estimate of drug-likeness (QED) is 0.392. The highest BCUT2D eigenvalue weighted by Gasteiger charge is 2.09. The van der Waals surface area contributed by atoms with E-state index in [2.05, 4.69) is 54.8 Å². The molecule has 8 nitrogen and oxygen atoms in total. The van der Waals surface area contributed by atoms with E-state index >= 15 is 0 Å². The number of pyridine rings is 1. The van der Waals surface area contributed by atoms with Crippen molar-refractivity contribution in [1.29, 1.82) is 0 Å². The second-order valence-corrected chi connectivity index (χ2v) is 8.07. The smallest absolute Gasteiger partial charge is 0.228 e. The maximum absolute atomic E-state index is 4.63. The predicted molar refractivity (Wildman–Crippen MR) is 121 cm³/mol. The lowest BCUT2D eigenvalue weighted by Crippen LogP contribution is -2.03. The number of anilines is 2. The molecule has 0 saturated heterocycles. The highest BCUT2D eigenvalue weighted by molar-refractivity contribution is 7.99. The number of fused-ring (bicyclic) bond motifs is 1. The van der Waals surface area contributed by atoms with E-state index in [4.69, 9.17) is 0 Å². The number of aromatic nitrogens is 7. The van der Waals surface area contributed by atoms with Crippen LogP contribution in [0.25, 0.3) is 16.9 Å². The Labute approximate surface area is 183 Å². The number of benzene rings is 1.